The molecule has 1 aliphatic rings. The summed E-state index contributed by atoms with van der Waals surface area (Å²) in [5.74, 6) is -0.812. The molecule has 1 aliphatic carbocycles. The van der Waals surface area contributed by atoms with E-state index >= 15 is 0 Å². The fourth-order valence-corrected chi connectivity index (χ4v) is 3.86. The van der Waals surface area contributed by atoms with Crippen LogP contribution in [-0.2, 0) is 0 Å². The van der Waals surface area contributed by atoms with Crippen molar-refractivity contribution in [2.75, 3.05) is 17.7 Å². The summed E-state index contributed by atoms with van der Waals surface area (Å²) in [6.07, 6.45) is 8.67. The van der Waals surface area contributed by atoms with Gasteiger partial charge >= 0.3 is 0 Å². The Morgan fingerprint density at radius 3 is 2.64 bits per heavy atom. The van der Waals surface area contributed by atoms with Gasteiger partial charge in [0.25, 0.3) is 5.91 Å². The first kappa shape index (κ1) is 22.4. The lowest BCUT2D eigenvalue weighted by Crippen LogP contribution is -2.43. The van der Waals surface area contributed by atoms with Gasteiger partial charge in [-0.1, -0.05) is 12.8 Å². The number of aromatic nitrogens is 3. The number of amides is 1. The highest BCUT2D eigenvalue weighted by molar-refractivity contribution is 5.98. The lowest BCUT2D eigenvalue weighted by atomic mass is 9.91. The Bertz CT molecular complexity index is 1140. The van der Waals surface area contributed by atoms with Gasteiger partial charge in [0.15, 0.2) is 11.6 Å². The molecule has 2 atom stereocenters. The number of nitrogens with one attached hydrogen (secondary N) is 2. The van der Waals surface area contributed by atoms with Gasteiger partial charge in [0.1, 0.15) is 5.82 Å². The van der Waals surface area contributed by atoms with Crippen LogP contribution in [0.1, 0.15) is 36.0 Å². The second kappa shape index (κ2) is 9.78. The van der Waals surface area contributed by atoms with Crippen molar-refractivity contribution in [1.82, 2.24) is 15.0 Å². The number of hydrogen-bond acceptors (Lipinski definition) is 8. The summed E-state index contributed by atoms with van der Waals surface area (Å²) in [7, 11) is 1.55. The Morgan fingerprint density at radius 1 is 1.12 bits per heavy atom. The number of carbonyl (C=O) groups excluding carboxylic acids is 1. The van der Waals surface area contributed by atoms with E-state index in [1.165, 1.54) is 0 Å². The second-order valence-electron chi connectivity index (χ2n) is 7.95. The van der Waals surface area contributed by atoms with E-state index in [0.717, 1.165) is 42.9 Å². The van der Waals surface area contributed by atoms with Crippen molar-refractivity contribution >= 4 is 23.2 Å². The molecule has 1 fully saturated rings. The average Bonchev–Trinajstić information content (AvgIpc) is 2.82. The summed E-state index contributed by atoms with van der Waals surface area (Å²) < 4.78 is 19.8. The minimum atomic E-state index is -0.798. The molecule has 3 aromatic heterocycles. The van der Waals surface area contributed by atoms with Crippen LogP contribution in [0.4, 0.5) is 21.7 Å². The lowest BCUT2D eigenvalue weighted by Gasteiger charge is -2.30. The molecule has 0 bridgehead atoms. The Kier molecular flexibility index (Phi) is 6.64. The molecular weight excluding hydrogens is 425 g/mol. The number of ether oxygens (including phenoxy) is 1. The number of halogens is 1. The molecule has 3 heterocycles. The Hall–Kier alpha value is -3.79. The number of carbonyl (C=O) groups is 1. The zero-order chi connectivity index (χ0) is 23.4. The number of hydrogen-bond donors (Lipinski definition) is 4. The monoisotopic (exact) mass is 451 g/mol. The summed E-state index contributed by atoms with van der Waals surface area (Å²) >= 11 is 0. The maximum atomic E-state index is 14.7. The molecule has 0 aliphatic heterocycles. The smallest absolute Gasteiger partial charge is 0.252 e. The van der Waals surface area contributed by atoms with Gasteiger partial charge in [0.05, 0.1) is 24.6 Å². The molecule has 0 unspecified atom stereocenters. The van der Waals surface area contributed by atoms with E-state index < -0.39 is 11.7 Å². The Morgan fingerprint density at radius 2 is 1.94 bits per heavy atom. The van der Waals surface area contributed by atoms with Gasteiger partial charge in [0.2, 0.25) is 5.88 Å². The Labute approximate surface area is 190 Å². The second-order valence-corrected chi connectivity index (χ2v) is 7.95. The first-order chi connectivity index (χ1) is 15.9. The number of methoxy groups -OCH3 is 1. The van der Waals surface area contributed by atoms with Crippen LogP contribution in [0.2, 0.25) is 0 Å². The summed E-state index contributed by atoms with van der Waals surface area (Å²) in [6.45, 7) is 0. The molecule has 1 saturated carbocycles. The van der Waals surface area contributed by atoms with Crippen LogP contribution in [0.3, 0.4) is 0 Å². The van der Waals surface area contributed by atoms with E-state index in [9.17, 15) is 9.18 Å². The Balaban J connectivity index is 1.63. The molecule has 172 valence electrons. The van der Waals surface area contributed by atoms with Gasteiger partial charge in [-0.2, -0.15) is 0 Å². The van der Waals surface area contributed by atoms with Gasteiger partial charge in [-0.3, -0.25) is 9.78 Å². The quantitative estimate of drug-likeness (QED) is 0.429. The lowest BCUT2D eigenvalue weighted by molar-refractivity contribution is 0.100. The highest BCUT2D eigenvalue weighted by atomic mass is 19.1. The van der Waals surface area contributed by atoms with Crippen molar-refractivity contribution in [3.05, 3.63) is 54.2 Å². The standard InChI is InChI=1S/C23H26FN7O2/c1-33-20-7-6-13(11-28-20)14-8-15(12-27-10-14)29-22-16(21(26)32)9-17(24)23(31-22)30-19-5-3-2-4-18(19)25/h6-12,18-19H,2-5,25H2,1H3,(H2,26,32)(H2,29,30,31)/t18-,19+/m0/s1. The van der Waals surface area contributed by atoms with Gasteiger partial charge < -0.3 is 26.8 Å². The topological polar surface area (TPSA) is 141 Å². The predicted octanol–water partition coefficient (Wildman–Crippen LogP) is 3.21. The molecule has 0 radical (unpaired) electrons. The molecular formula is C23H26FN7O2. The first-order valence-corrected chi connectivity index (χ1v) is 10.7. The molecule has 0 aromatic carbocycles. The summed E-state index contributed by atoms with van der Waals surface area (Å²) in [5, 5.41) is 6.15. The van der Waals surface area contributed by atoms with Crippen LogP contribution in [0, 0.1) is 5.82 Å². The third-order valence-corrected chi connectivity index (χ3v) is 5.66. The summed E-state index contributed by atoms with van der Waals surface area (Å²) in [5.41, 5.74) is 13.7. The van der Waals surface area contributed by atoms with Crippen LogP contribution in [0.15, 0.2) is 42.9 Å². The SMILES string of the molecule is COc1ccc(-c2cncc(Nc3nc(N[C@@H]4CCCC[C@@H]4N)c(F)cc3C(N)=O)c2)cn1. The normalized spacial score (nSPS) is 17.9. The highest BCUT2D eigenvalue weighted by Crippen LogP contribution is 2.28. The number of pyridine rings is 3. The van der Waals surface area contributed by atoms with E-state index in [1.807, 2.05) is 12.1 Å². The number of rotatable bonds is 7. The fourth-order valence-electron chi connectivity index (χ4n) is 3.86. The van der Waals surface area contributed by atoms with E-state index in [-0.39, 0.29) is 29.3 Å². The van der Waals surface area contributed by atoms with Crippen LogP contribution in [-0.4, -0.2) is 40.1 Å². The molecule has 9 nitrogen and oxygen atoms in total. The number of nitrogens with two attached hydrogens (primary N) is 2. The van der Waals surface area contributed by atoms with Crippen molar-refractivity contribution in [3.8, 4) is 17.0 Å². The number of anilines is 3. The molecule has 3 aromatic rings. The van der Waals surface area contributed by atoms with E-state index in [4.69, 9.17) is 16.2 Å². The van der Waals surface area contributed by atoms with E-state index in [2.05, 4.69) is 25.6 Å². The predicted molar refractivity (Wildman–Crippen MR) is 124 cm³/mol. The summed E-state index contributed by atoms with van der Waals surface area (Å²) in [6, 6.07) is 6.31. The van der Waals surface area contributed by atoms with Crippen LogP contribution in [0.5, 0.6) is 5.88 Å². The largest absolute Gasteiger partial charge is 0.481 e. The van der Waals surface area contributed by atoms with Crippen molar-refractivity contribution < 1.29 is 13.9 Å². The zero-order valence-electron chi connectivity index (χ0n) is 18.2. The molecule has 4 rings (SSSR count). The third-order valence-electron chi connectivity index (χ3n) is 5.66. The van der Waals surface area contributed by atoms with Crippen molar-refractivity contribution in [2.24, 2.45) is 11.5 Å². The van der Waals surface area contributed by atoms with Crippen molar-refractivity contribution in [3.63, 3.8) is 0 Å². The minimum Gasteiger partial charge on any atom is -0.481 e. The number of primary amides is 1. The zero-order valence-corrected chi connectivity index (χ0v) is 18.2. The average molecular weight is 452 g/mol. The van der Waals surface area contributed by atoms with Gasteiger partial charge in [0, 0.05) is 41.7 Å². The highest BCUT2D eigenvalue weighted by Gasteiger charge is 2.24. The summed E-state index contributed by atoms with van der Waals surface area (Å²) in [4.78, 5) is 24.7. The van der Waals surface area contributed by atoms with Crippen molar-refractivity contribution in [1.29, 1.82) is 0 Å². The maximum absolute atomic E-state index is 14.7. The van der Waals surface area contributed by atoms with Crippen LogP contribution >= 0.6 is 0 Å². The van der Waals surface area contributed by atoms with E-state index in [1.54, 1.807) is 31.8 Å². The fraction of sp³-hybridized carbons (Fsp3) is 0.304. The molecule has 0 saturated heterocycles. The first-order valence-electron chi connectivity index (χ1n) is 10.7. The van der Waals surface area contributed by atoms with Gasteiger partial charge in [-0.15, -0.1) is 0 Å². The third kappa shape index (κ3) is 5.17. The van der Waals surface area contributed by atoms with Gasteiger partial charge in [-0.25, -0.2) is 14.4 Å². The minimum absolute atomic E-state index is 0.0216. The van der Waals surface area contributed by atoms with Crippen LogP contribution in [0.25, 0.3) is 11.1 Å². The molecule has 33 heavy (non-hydrogen) atoms. The molecule has 6 N–H and O–H groups in total. The molecule has 0 spiro atoms. The van der Waals surface area contributed by atoms with E-state index in [0.29, 0.717) is 11.6 Å². The van der Waals surface area contributed by atoms with Crippen LogP contribution < -0.4 is 26.8 Å². The number of nitrogens with zero attached hydrogens (tertiary/aromatic N) is 3. The molecule has 1 amide bonds. The van der Waals surface area contributed by atoms with Gasteiger partial charge in [-0.05, 0) is 31.0 Å². The maximum Gasteiger partial charge on any atom is 0.252 e. The molecule has 10 heteroatoms. The van der Waals surface area contributed by atoms with Crippen molar-refractivity contribution in [2.45, 2.75) is 37.8 Å².